The van der Waals surface area contributed by atoms with Gasteiger partial charge in [-0.3, -0.25) is 0 Å². The van der Waals surface area contributed by atoms with E-state index < -0.39 is 0 Å². The number of hydrogen-bond donors (Lipinski definition) is 1. The Morgan fingerprint density at radius 3 is 2.82 bits per heavy atom. The van der Waals surface area contributed by atoms with Gasteiger partial charge in [0.15, 0.2) is 11.4 Å². The summed E-state index contributed by atoms with van der Waals surface area (Å²) in [5.74, 6) is 0.751. The Bertz CT molecular complexity index is 673. The van der Waals surface area contributed by atoms with Crippen molar-refractivity contribution in [2.24, 2.45) is 0 Å². The molecule has 0 saturated heterocycles. The number of nitrogens with one attached hydrogen (secondary N) is 1. The molecule has 0 unspecified atom stereocenters. The van der Waals surface area contributed by atoms with Crippen molar-refractivity contribution >= 4 is 27.9 Å². The molecule has 4 heteroatoms. The molecule has 1 aromatic carbocycles. The lowest BCUT2D eigenvalue weighted by Gasteiger charge is -2.07. The molecule has 0 fully saturated rings. The lowest BCUT2D eigenvalue weighted by atomic mass is 10.2. The number of benzene rings is 1. The zero-order valence-electron chi connectivity index (χ0n) is 9.77. The molecular weight excluding hydrogens is 214 g/mol. The van der Waals surface area contributed by atoms with Crippen LogP contribution in [0.25, 0.3) is 22.1 Å². The van der Waals surface area contributed by atoms with Crippen molar-refractivity contribution in [2.75, 3.05) is 5.32 Å². The zero-order valence-corrected chi connectivity index (χ0v) is 9.77. The number of nitrogens with zero attached hydrogens (tertiary/aromatic N) is 2. The maximum absolute atomic E-state index is 5.80. The van der Waals surface area contributed by atoms with E-state index in [9.17, 15) is 0 Å². The summed E-state index contributed by atoms with van der Waals surface area (Å²) in [6.07, 6.45) is 1.56. The Kier molecular flexibility index (Phi) is 2.21. The predicted molar refractivity (Wildman–Crippen MR) is 68.1 cm³/mol. The predicted octanol–water partition coefficient (Wildman–Crippen LogP) is 3.20. The van der Waals surface area contributed by atoms with Crippen molar-refractivity contribution in [1.82, 2.24) is 9.97 Å². The van der Waals surface area contributed by atoms with Gasteiger partial charge < -0.3 is 9.73 Å². The minimum absolute atomic E-state index is 0.307. The van der Waals surface area contributed by atoms with E-state index in [4.69, 9.17) is 4.42 Å². The molecule has 0 aliphatic rings. The normalized spacial score (nSPS) is 11.5. The van der Waals surface area contributed by atoms with Crippen LogP contribution in [0.5, 0.6) is 0 Å². The molecule has 0 spiro atoms. The number of rotatable bonds is 2. The van der Waals surface area contributed by atoms with Crippen LogP contribution in [0, 0.1) is 0 Å². The van der Waals surface area contributed by atoms with Crippen molar-refractivity contribution in [2.45, 2.75) is 19.9 Å². The van der Waals surface area contributed by atoms with Crippen LogP contribution in [-0.2, 0) is 0 Å². The minimum atomic E-state index is 0.307. The highest BCUT2D eigenvalue weighted by Gasteiger charge is 2.12. The average molecular weight is 227 g/mol. The van der Waals surface area contributed by atoms with E-state index in [0.29, 0.717) is 6.04 Å². The number of furan rings is 1. The highest BCUT2D eigenvalue weighted by Crippen LogP contribution is 2.30. The molecule has 1 N–H and O–H groups in total. The van der Waals surface area contributed by atoms with Crippen LogP contribution in [0.3, 0.4) is 0 Å². The molecule has 2 aromatic heterocycles. The summed E-state index contributed by atoms with van der Waals surface area (Å²) in [5.41, 5.74) is 2.43. The van der Waals surface area contributed by atoms with E-state index in [1.165, 1.54) is 0 Å². The third-order valence-corrected chi connectivity index (χ3v) is 2.58. The first-order valence-corrected chi connectivity index (χ1v) is 5.64. The second kappa shape index (κ2) is 3.73. The monoisotopic (exact) mass is 227 g/mol. The van der Waals surface area contributed by atoms with Gasteiger partial charge in [-0.1, -0.05) is 12.1 Å². The Morgan fingerprint density at radius 2 is 2.00 bits per heavy atom. The maximum atomic E-state index is 5.80. The van der Waals surface area contributed by atoms with Gasteiger partial charge in [0.2, 0.25) is 0 Å². The highest BCUT2D eigenvalue weighted by atomic mass is 16.3. The molecule has 0 atom stereocenters. The van der Waals surface area contributed by atoms with Crippen molar-refractivity contribution in [3.63, 3.8) is 0 Å². The van der Waals surface area contributed by atoms with Crippen LogP contribution in [0.4, 0.5) is 5.82 Å². The fourth-order valence-corrected chi connectivity index (χ4v) is 1.90. The van der Waals surface area contributed by atoms with Gasteiger partial charge in [-0.25, -0.2) is 9.97 Å². The third-order valence-electron chi connectivity index (χ3n) is 2.58. The Labute approximate surface area is 98.7 Å². The van der Waals surface area contributed by atoms with Gasteiger partial charge in [0.05, 0.1) is 0 Å². The Hall–Kier alpha value is -2.10. The van der Waals surface area contributed by atoms with Crippen molar-refractivity contribution in [3.05, 3.63) is 30.6 Å². The van der Waals surface area contributed by atoms with Crippen LogP contribution < -0.4 is 5.32 Å². The summed E-state index contributed by atoms with van der Waals surface area (Å²) in [6.45, 7) is 4.13. The van der Waals surface area contributed by atoms with Crippen molar-refractivity contribution in [3.8, 4) is 0 Å². The topological polar surface area (TPSA) is 51.0 Å². The van der Waals surface area contributed by atoms with Crippen LogP contribution in [-0.4, -0.2) is 16.0 Å². The van der Waals surface area contributed by atoms with Crippen molar-refractivity contribution in [1.29, 1.82) is 0 Å². The maximum Gasteiger partial charge on any atom is 0.196 e. The molecule has 17 heavy (non-hydrogen) atoms. The fourth-order valence-electron chi connectivity index (χ4n) is 1.90. The van der Waals surface area contributed by atoms with Crippen LogP contribution in [0.1, 0.15) is 13.8 Å². The lowest BCUT2D eigenvalue weighted by Crippen LogP contribution is -2.11. The van der Waals surface area contributed by atoms with Gasteiger partial charge >= 0.3 is 0 Å². The van der Waals surface area contributed by atoms with Gasteiger partial charge in [-0.2, -0.15) is 0 Å². The fraction of sp³-hybridized carbons (Fsp3) is 0.231. The molecule has 0 bridgehead atoms. The second-order valence-electron chi connectivity index (χ2n) is 4.30. The first-order chi connectivity index (χ1) is 8.25. The molecule has 0 saturated carbocycles. The largest absolute Gasteiger partial charge is 0.450 e. The molecular formula is C13H13N3O. The average Bonchev–Trinajstić information content (AvgIpc) is 2.68. The summed E-state index contributed by atoms with van der Waals surface area (Å²) >= 11 is 0. The number of para-hydroxylation sites is 1. The first kappa shape index (κ1) is 10.1. The van der Waals surface area contributed by atoms with Gasteiger partial charge in [-0.15, -0.1) is 0 Å². The molecule has 86 valence electrons. The highest BCUT2D eigenvalue weighted by molar-refractivity contribution is 6.05. The lowest BCUT2D eigenvalue weighted by molar-refractivity contribution is 0.665. The number of fused-ring (bicyclic) bond motifs is 3. The van der Waals surface area contributed by atoms with Gasteiger partial charge in [0, 0.05) is 11.4 Å². The molecule has 0 amide bonds. The van der Waals surface area contributed by atoms with Crippen LogP contribution >= 0.6 is 0 Å². The molecule has 3 aromatic rings. The van der Waals surface area contributed by atoms with Crippen LogP contribution in [0.2, 0.25) is 0 Å². The van der Waals surface area contributed by atoms with E-state index in [2.05, 4.69) is 29.1 Å². The van der Waals surface area contributed by atoms with E-state index >= 15 is 0 Å². The summed E-state index contributed by atoms with van der Waals surface area (Å²) in [7, 11) is 0. The van der Waals surface area contributed by atoms with E-state index in [-0.39, 0.29) is 0 Å². The molecule has 0 radical (unpaired) electrons. The minimum Gasteiger partial charge on any atom is -0.450 e. The van der Waals surface area contributed by atoms with E-state index in [0.717, 1.165) is 27.9 Å². The number of anilines is 1. The molecule has 2 heterocycles. The van der Waals surface area contributed by atoms with Crippen LogP contribution in [0.15, 0.2) is 35.0 Å². The van der Waals surface area contributed by atoms with E-state index in [1.807, 2.05) is 24.3 Å². The quantitative estimate of drug-likeness (QED) is 0.730. The SMILES string of the molecule is CC(C)Nc1ncnc2c1oc1ccccc12. The molecule has 4 nitrogen and oxygen atoms in total. The molecule has 3 rings (SSSR count). The summed E-state index contributed by atoms with van der Waals surface area (Å²) in [5, 5.41) is 4.29. The second-order valence-corrected chi connectivity index (χ2v) is 4.30. The Balaban J connectivity index is 2.31. The smallest absolute Gasteiger partial charge is 0.196 e. The standard InChI is InChI=1S/C13H13N3O/c1-8(2)16-13-12-11(14-7-15-13)9-5-3-4-6-10(9)17-12/h3-8H,1-2H3,(H,14,15,16). The number of aromatic nitrogens is 2. The summed E-state index contributed by atoms with van der Waals surface area (Å²) < 4.78 is 5.80. The first-order valence-electron chi connectivity index (χ1n) is 5.64. The summed E-state index contributed by atoms with van der Waals surface area (Å²) in [6, 6.07) is 8.19. The third kappa shape index (κ3) is 1.62. The van der Waals surface area contributed by atoms with Crippen molar-refractivity contribution < 1.29 is 4.42 Å². The molecule has 0 aliphatic heterocycles. The zero-order chi connectivity index (χ0) is 11.8. The van der Waals surface area contributed by atoms with Gasteiger partial charge in [0.1, 0.15) is 17.4 Å². The van der Waals surface area contributed by atoms with Gasteiger partial charge in [-0.05, 0) is 26.0 Å². The Morgan fingerprint density at radius 1 is 1.18 bits per heavy atom. The molecule has 0 aliphatic carbocycles. The number of hydrogen-bond acceptors (Lipinski definition) is 4. The summed E-state index contributed by atoms with van der Waals surface area (Å²) in [4.78, 5) is 8.52. The van der Waals surface area contributed by atoms with E-state index in [1.54, 1.807) is 6.33 Å². The van der Waals surface area contributed by atoms with Gasteiger partial charge in [0.25, 0.3) is 0 Å².